The van der Waals surface area contributed by atoms with Gasteiger partial charge in [-0.2, -0.15) is 4.31 Å². The van der Waals surface area contributed by atoms with Crippen LogP contribution in [0.5, 0.6) is 0 Å². The van der Waals surface area contributed by atoms with Crippen molar-refractivity contribution in [2.45, 2.75) is 69.6 Å². The van der Waals surface area contributed by atoms with E-state index in [0.29, 0.717) is 57.6 Å². The first kappa shape index (κ1) is 32.9. The molecule has 0 spiro atoms. The zero-order chi connectivity index (χ0) is 31.0. The van der Waals surface area contributed by atoms with E-state index in [1.165, 1.54) is 4.31 Å². The molecule has 4 rings (SSSR count). The summed E-state index contributed by atoms with van der Waals surface area (Å²) in [5.74, 6) is 0.112. The molecular weight excluding hydrogens is 570 g/mol. The number of nitrogens with zero attached hydrogens (tertiary/aromatic N) is 2. The summed E-state index contributed by atoms with van der Waals surface area (Å²) in [4.78, 5) is 27.8. The molecule has 2 amide bonds. The van der Waals surface area contributed by atoms with Crippen LogP contribution < -0.4 is 5.32 Å². The molecule has 0 bridgehead atoms. The van der Waals surface area contributed by atoms with E-state index in [2.05, 4.69) is 5.32 Å². The van der Waals surface area contributed by atoms with Crippen LogP contribution in [0.1, 0.15) is 55.5 Å². The number of amides is 2. The first-order valence-corrected chi connectivity index (χ1v) is 16.6. The Morgan fingerprint density at radius 2 is 1.72 bits per heavy atom. The largest absolute Gasteiger partial charge is 0.444 e. The average Bonchev–Trinajstić information content (AvgIpc) is 3.50. The number of nitrogens with one attached hydrogen (secondary N) is 1. The monoisotopic (exact) mass is 615 g/mol. The minimum atomic E-state index is -3.90. The summed E-state index contributed by atoms with van der Waals surface area (Å²) >= 11 is 0. The Kier molecular flexibility index (Phi) is 11.6. The van der Waals surface area contributed by atoms with Gasteiger partial charge in [-0.3, -0.25) is 4.79 Å². The van der Waals surface area contributed by atoms with Crippen molar-refractivity contribution < 1.29 is 32.6 Å². The minimum absolute atomic E-state index is 0.0117. The van der Waals surface area contributed by atoms with Gasteiger partial charge in [-0.25, -0.2) is 13.2 Å². The van der Waals surface area contributed by atoms with Crippen molar-refractivity contribution in [3.8, 4) is 0 Å². The summed E-state index contributed by atoms with van der Waals surface area (Å²) in [5, 5.41) is 14.3. The second-order valence-corrected chi connectivity index (χ2v) is 14.0. The number of likely N-dealkylation sites (tertiary alicyclic amines) is 1. The van der Waals surface area contributed by atoms with Gasteiger partial charge in [0.2, 0.25) is 10.0 Å². The fraction of sp³-hybridized carbons (Fsp3) is 0.562. The predicted molar refractivity (Wildman–Crippen MR) is 163 cm³/mol. The number of carbonyl (C=O) groups excluding carboxylic acids is 2. The molecule has 11 heteroatoms. The highest BCUT2D eigenvalue weighted by Crippen LogP contribution is 2.26. The highest BCUT2D eigenvalue weighted by molar-refractivity contribution is 7.89. The molecule has 2 aromatic rings. The number of alkyl carbamates (subject to hydrolysis) is 1. The Bertz CT molecular complexity index is 1290. The van der Waals surface area contributed by atoms with Crippen molar-refractivity contribution in [2.24, 2.45) is 11.8 Å². The van der Waals surface area contributed by atoms with Crippen LogP contribution in [0.25, 0.3) is 0 Å². The fourth-order valence-electron chi connectivity index (χ4n) is 5.62. The SMILES string of the molecule is Cc1ccc(S(=O)(=O)N(CC(C)C)C[C@@H](O)[C@H](CC2CCN(C(=O)c3ccccc3)CC2)NC(=O)OC2CCOC2)cc1. The molecule has 2 aromatic carbocycles. The highest BCUT2D eigenvalue weighted by Gasteiger charge is 2.34. The number of rotatable bonds is 12. The van der Waals surface area contributed by atoms with Gasteiger partial charge in [0.15, 0.2) is 0 Å². The molecule has 236 valence electrons. The van der Waals surface area contributed by atoms with E-state index < -0.39 is 28.3 Å². The Labute approximate surface area is 255 Å². The number of aryl methyl sites for hydroxylation is 1. The topological polar surface area (TPSA) is 125 Å². The van der Waals surface area contributed by atoms with Crippen molar-refractivity contribution in [1.29, 1.82) is 0 Å². The van der Waals surface area contributed by atoms with E-state index in [-0.39, 0.29) is 41.8 Å². The van der Waals surface area contributed by atoms with Crippen LogP contribution in [0, 0.1) is 18.8 Å². The lowest BCUT2D eigenvalue weighted by molar-refractivity contribution is 0.0531. The number of benzene rings is 2. The first-order valence-electron chi connectivity index (χ1n) is 15.2. The van der Waals surface area contributed by atoms with Gasteiger partial charge >= 0.3 is 6.09 Å². The molecule has 2 saturated heterocycles. The molecule has 2 N–H and O–H groups in total. The lowest BCUT2D eigenvalue weighted by atomic mass is 9.88. The van der Waals surface area contributed by atoms with Crippen molar-refractivity contribution in [3.63, 3.8) is 0 Å². The molecule has 2 fully saturated rings. The molecule has 3 atom stereocenters. The molecule has 0 saturated carbocycles. The quantitative estimate of drug-likeness (QED) is 0.372. The lowest BCUT2D eigenvalue weighted by Crippen LogP contribution is -2.52. The molecule has 2 heterocycles. The summed E-state index contributed by atoms with van der Waals surface area (Å²) in [7, 11) is -3.90. The zero-order valence-electron chi connectivity index (χ0n) is 25.4. The second-order valence-electron chi connectivity index (χ2n) is 12.1. The number of carbonyl (C=O) groups is 2. The van der Waals surface area contributed by atoms with E-state index in [9.17, 15) is 23.1 Å². The Morgan fingerprint density at radius 1 is 1.05 bits per heavy atom. The van der Waals surface area contributed by atoms with Gasteiger partial charge in [0.1, 0.15) is 6.10 Å². The molecular formula is C32H45N3O7S. The van der Waals surface area contributed by atoms with Crippen LogP contribution in [0.2, 0.25) is 0 Å². The second kappa shape index (κ2) is 15.1. The van der Waals surface area contributed by atoms with Gasteiger partial charge in [-0.15, -0.1) is 0 Å². The third-order valence-corrected chi connectivity index (χ3v) is 9.90. The number of ether oxygens (including phenoxy) is 2. The maximum atomic E-state index is 13.6. The van der Waals surface area contributed by atoms with Crippen molar-refractivity contribution in [2.75, 3.05) is 39.4 Å². The standard InChI is InChI=1S/C32H45N3O7S/c1-23(2)20-35(43(39,40)28-11-9-24(3)10-12-28)21-30(36)29(33-32(38)42-27-15-18-41-22-27)19-25-13-16-34(17-14-25)31(37)26-7-5-4-6-8-26/h4-12,23,25,27,29-30,36H,13-22H2,1-3H3,(H,33,38)/t27?,29-,30+/m0/s1. The van der Waals surface area contributed by atoms with Crippen molar-refractivity contribution in [1.82, 2.24) is 14.5 Å². The van der Waals surface area contributed by atoms with Crippen LogP contribution in [-0.4, -0.2) is 92.4 Å². The molecule has 10 nitrogen and oxygen atoms in total. The number of aliphatic hydroxyl groups excluding tert-OH is 1. The number of hydrogen-bond acceptors (Lipinski definition) is 7. The maximum Gasteiger partial charge on any atom is 0.407 e. The van der Waals surface area contributed by atoms with Gasteiger partial charge in [-0.05, 0) is 62.3 Å². The molecule has 1 unspecified atom stereocenters. The molecule has 43 heavy (non-hydrogen) atoms. The first-order chi connectivity index (χ1) is 20.5. The zero-order valence-corrected chi connectivity index (χ0v) is 26.2. The van der Waals surface area contributed by atoms with Crippen LogP contribution in [-0.2, 0) is 19.5 Å². The minimum Gasteiger partial charge on any atom is -0.444 e. The van der Waals surface area contributed by atoms with Gasteiger partial charge in [0, 0.05) is 38.2 Å². The van der Waals surface area contributed by atoms with E-state index in [1.54, 1.807) is 36.4 Å². The van der Waals surface area contributed by atoms with Crippen molar-refractivity contribution in [3.05, 3.63) is 65.7 Å². The van der Waals surface area contributed by atoms with E-state index in [1.807, 2.05) is 43.9 Å². The van der Waals surface area contributed by atoms with Crippen LogP contribution in [0.4, 0.5) is 4.79 Å². The number of piperidine rings is 1. The smallest absolute Gasteiger partial charge is 0.407 e. The molecule has 0 aromatic heterocycles. The van der Waals surface area contributed by atoms with Gasteiger partial charge in [-0.1, -0.05) is 49.7 Å². The number of sulfonamides is 1. The van der Waals surface area contributed by atoms with Crippen LogP contribution >= 0.6 is 0 Å². The average molecular weight is 616 g/mol. The molecule has 0 aliphatic carbocycles. The Hall–Kier alpha value is -2.99. The fourth-order valence-corrected chi connectivity index (χ4v) is 7.24. The maximum absolute atomic E-state index is 13.6. The van der Waals surface area contributed by atoms with Crippen LogP contribution in [0.15, 0.2) is 59.5 Å². The third-order valence-electron chi connectivity index (χ3n) is 8.06. The summed E-state index contributed by atoms with van der Waals surface area (Å²) in [6, 6.07) is 15.1. The summed E-state index contributed by atoms with van der Waals surface area (Å²) in [5.41, 5.74) is 1.59. The van der Waals surface area contributed by atoms with Crippen molar-refractivity contribution >= 4 is 22.0 Å². The van der Waals surface area contributed by atoms with E-state index >= 15 is 0 Å². The molecule has 2 aliphatic heterocycles. The Morgan fingerprint density at radius 3 is 2.33 bits per heavy atom. The Balaban J connectivity index is 1.46. The van der Waals surface area contributed by atoms with E-state index in [0.717, 1.165) is 5.56 Å². The summed E-state index contributed by atoms with van der Waals surface area (Å²) in [6.07, 6.45) is 0.225. The number of hydrogen-bond donors (Lipinski definition) is 2. The van der Waals surface area contributed by atoms with Gasteiger partial charge in [0.25, 0.3) is 5.91 Å². The lowest BCUT2D eigenvalue weighted by Gasteiger charge is -2.36. The highest BCUT2D eigenvalue weighted by atomic mass is 32.2. The molecule has 2 aliphatic rings. The predicted octanol–water partition coefficient (Wildman–Crippen LogP) is 3.83. The van der Waals surface area contributed by atoms with Gasteiger partial charge in [0.05, 0.1) is 30.3 Å². The van der Waals surface area contributed by atoms with Crippen LogP contribution in [0.3, 0.4) is 0 Å². The molecule has 0 radical (unpaired) electrons. The van der Waals surface area contributed by atoms with E-state index in [4.69, 9.17) is 9.47 Å². The number of aliphatic hydroxyl groups is 1. The summed E-state index contributed by atoms with van der Waals surface area (Å²) in [6.45, 7) is 7.73. The normalized spacial score (nSPS) is 19.4. The summed E-state index contributed by atoms with van der Waals surface area (Å²) < 4.78 is 39.4. The third kappa shape index (κ3) is 9.25. The van der Waals surface area contributed by atoms with Gasteiger partial charge < -0.3 is 24.8 Å².